The minimum Gasteiger partial charge on any atom is -0.345 e. The Morgan fingerprint density at radius 2 is 2.11 bits per heavy atom. The average molecular weight is 266 g/mol. The van der Waals surface area contributed by atoms with Crippen molar-refractivity contribution in [3.05, 3.63) is 35.9 Å². The summed E-state index contributed by atoms with van der Waals surface area (Å²) in [5.74, 6) is 0.874. The lowest BCUT2D eigenvalue weighted by molar-refractivity contribution is -0.131. The molecule has 98 valence electrons. The second kappa shape index (κ2) is 5.75. The number of rotatable bonds is 5. The number of amides is 1. The second-order valence-electron chi connectivity index (χ2n) is 5.19. The third-order valence-electron chi connectivity index (χ3n) is 3.57. The Labute approximate surface area is 114 Å². The lowest BCUT2D eigenvalue weighted by Gasteiger charge is -2.17. The van der Waals surface area contributed by atoms with Crippen molar-refractivity contribution in [3.8, 4) is 0 Å². The van der Waals surface area contributed by atoms with Crippen LogP contribution in [0.3, 0.4) is 0 Å². The van der Waals surface area contributed by atoms with E-state index in [0.29, 0.717) is 5.92 Å². The van der Waals surface area contributed by atoms with Crippen LogP contribution < -0.4 is 0 Å². The van der Waals surface area contributed by atoms with Gasteiger partial charge in [0, 0.05) is 24.9 Å². The van der Waals surface area contributed by atoms with Crippen molar-refractivity contribution in [1.82, 2.24) is 4.90 Å². The Balaban J connectivity index is 1.85. The molecule has 1 aliphatic carbocycles. The highest BCUT2D eigenvalue weighted by molar-refractivity contribution is 6.20. The van der Waals surface area contributed by atoms with Crippen molar-refractivity contribution < 1.29 is 4.79 Å². The van der Waals surface area contributed by atoms with Gasteiger partial charge in [0.15, 0.2) is 0 Å². The fraction of sp³-hybridized carbons (Fsp3) is 0.533. The first kappa shape index (κ1) is 13.4. The molecule has 1 fully saturated rings. The Morgan fingerprint density at radius 1 is 1.44 bits per heavy atom. The van der Waals surface area contributed by atoms with Crippen molar-refractivity contribution in [1.29, 1.82) is 0 Å². The van der Waals surface area contributed by atoms with E-state index in [4.69, 9.17) is 11.6 Å². The van der Waals surface area contributed by atoms with Gasteiger partial charge in [0.2, 0.25) is 5.91 Å². The molecule has 1 aromatic rings. The van der Waals surface area contributed by atoms with Crippen LogP contribution in [0.15, 0.2) is 30.3 Å². The van der Waals surface area contributed by atoms with Crippen LogP contribution in [-0.2, 0) is 4.79 Å². The number of hydrogen-bond acceptors (Lipinski definition) is 1. The van der Waals surface area contributed by atoms with E-state index in [1.165, 1.54) is 5.56 Å². The van der Waals surface area contributed by atoms with Gasteiger partial charge >= 0.3 is 0 Å². The predicted molar refractivity (Wildman–Crippen MR) is 74.9 cm³/mol. The molecule has 0 aromatic heterocycles. The minimum absolute atomic E-state index is 0.129. The molecule has 3 heteroatoms. The summed E-state index contributed by atoms with van der Waals surface area (Å²) in [4.78, 5) is 14.0. The van der Waals surface area contributed by atoms with Gasteiger partial charge in [0.1, 0.15) is 0 Å². The molecule has 1 aliphatic rings. The summed E-state index contributed by atoms with van der Waals surface area (Å²) in [6.45, 7) is 2.71. The Hall–Kier alpha value is -1.02. The molecule has 0 saturated heterocycles. The molecule has 2 nitrogen and oxygen atoms in total. The number of halogens is 1. The molecule has 0 N–H and O–H groups in total. The normalized spacial score (nSPS) is 23.5. The fourth-order valence-corrected chi connectivity index (χ4v) is 2.40. The van der Waals surface area contributed by atoms with Gasteiger partial charge in [0.05, 0.1) is 0 Å². The first-order valence-electron chi connectivity index (χ1n) is 6.53. The maximum absolute atomic E-state index is 12.2. The predicted octanol–water partition coefficient (Wildman–Crippen LogP) is 3.27. The molecule has 1 amide bonds. The maximum atomic E-state index is 12.2. The summed E-state index contributed by atoms with van der Waals surface area (Å²) >= 11 is 5.91. The largest absolute Gasteiger partial charge is 0.345 e. The molecular weight excluding hydrogens is 246 g/mol. The Bertz CT molecular complexity index is 404. The van der Waals surface area contributed by atoms with Crippen molar-refractivity contribution >= 4 is 17.5 Å². The van der Waals surface area contributed by atoms with Crippen LogP contribution in [0, 0.1) is 5.92 Å². The summed E-state index contributed by atoms with van der Waals surface area (Å²) in [5.41, 5.74) is 1.29. The third kappa shape index (κ3) is 3.26. The van der Waals surface area contributed by atoms with Crippen LogP contribution in [-0.4, -0.2) is 29.8 Å². The van der Waals surface area contributed by atoms with Crippen LogP contribution in [0.2, 0.25) is 0 Å². The quantitative estimate of drug-likeness (QED) is 0.749. The SMILES string of the molecule is CC(Cl)CCN(C)C(=O)C1CC1c1ccccc1. The van der Waals surface area contributed by atoms with E-state index in [0.717, 1.165) is 19.4 Å². The highest BCUT2D eigenvalue weighted by atomic mass is 35.5. The van der Waals surface area contributed by atoms with Crippen LogP contribution in [0.4, 0.5) is 0 Å². The van der Waals surface area contributed by atoms with E-state index < -0.39 is 0 Å². The van der Waals surface area contributed by atoms with Gasteiger partial charge in [-0.1, -0.05) is 30.3 Å². The monoisotopic (exact) mass is 265 g/mol. The Morgan fingerprint density at radius 3 is 2.72 bits per heavy atom. The smallest absolute Gasteiger partial charge is 0.226 e. The zero-order valence-electron chi connectivity index (χ0n) is 11.0. The fourth-order valence-electron chi connectivity index (χ4n) is 2.30. The molecule has 0 radical (unpaired) electrons. The molecule has 3 unspecified atom stereocenters. The van der Waals surface area contributed by atoms with E-state index in [-0.39, 0.29) is 17.2 Å². The van der Waals surface area contributed by atoms with Gasteiger partial charge in [-0.2, -0.15) is 0 Å². The molecule has 2 rings (SSSR count). The Kier molecular flexibility index (Phi) is 4.28. The summed E-state index contributed by atoms with van der Waals surface area (Å²) < 4.78 is 0. The van der Waals surface area contributed by atoms with Gasteiger partial charge in [0.25, 0.3) is 0 Å². The van der Waals surface area contributed by atoms with E-state index >= 15 is 0 Å². The number of alkyl halides is 1. The molecule has 1 saturated carbocycles. The first-order chi connectivity index (χ1) is 8.59. The first-order valence-corrected chi connectivity index (χ1v) is 6.97. The molecule has 0 heterocycles. The molecule has 0 spiro atoms. The summed E-state index contributed by atoms with van der Waals surface area (Å²) in [7, 11) is 1.88. The molecule has 18 heavy (non-hydrogen) atoms. The van der Waals surface area contributed by atoms with Crippen molar-refractivity contribution in [3.63, 3.8) is 0 Å². The lowest BCUT2D eigenvalue weighted by Crippen LogP contribution is -2.30. The molecule has 0 bridgehead atoms. The maximum Gasteiger partial charge on any atom is 0.226 e. The minimum atomic E-state index is 0.129. The van der Waals surface area contributed by atoms with Crippen molar-refractivity contribution in [2.75, 3.05) is 13.6 Å². The standard InChI is InChI=1S/C15H20ClNO/c1-11(16)8-9-17(2)15(18)14-10-13(14)12-6-4-3-5-7-12/h3-7,11,13-14H,8-10H2,1-2H3. The van der Waals surface area contributed by atoms with Crippen LogP contribution in [0.5, 0.6) is 0 Å². The zero-order valence-corrected chi connectivity index (χ0v) is 11.7. The van der Waals surface area contributed by atoms with Gasteiger partial charge in [-0.05, 0) is 31.2 Å². The van der Waals surface area contributed by atoms with E-state index in [1.807, 2.05) is 37.1 Å². The zero-order chi connectivity index (χ0) is 13.1. The van der Waals surface area contributed by atoms with E-state index in [2.05, 4.69) is 12.1 Å². The third-order valence-corrected chi connectivity index (χ3v) is 3.79. The van der Waals surface area contributed by atoms with Gasteiger partial charge in [-0.15, -0.1) is 11.6 Å². The molecule has 3 atom stereocenters. The lowest BCUT2D eigenvalue weighted by atomic mass is 10.1. The molecule has 1 aromatic carbocycles. The highest BCUT2D eigenvalue weighted by Gasteiger charge is 2.44. The number of carbonyl (C=O) groups is 1. The number of carbonyl (C=O) groups excluding carboxylic acids is 1. The van der Waals surface area contributed by atoms with Crippen LogP contribution >= 0.6 is 11.6 Å². The van der Waals surface area contributed by atoms with Gasteiger partial charge in [-0.3, -0.25) is 4.79 Å². The van der Waals surface area contributed by atoms with E-state index in [9.17, 15) is 4.79 Å². The number of benzene rings is 1. The molecular formula is C15H20ClNO. The highest BCUT2D eigenvalue weighted by Crippen LogP contribution is 2.48. The average Bonchev–Trinajstić information content (AvgIpc) is 3.16. The van der Waals surface area contributed by atoms with E-state index in [1.54, 1.807) is 0 Å². The summed E-state index contributed by atoms with van der Waals surface area (Å²) in [6, 6.07) is 10.3. The van der Waals surface area contributed by atoms with Gasteiger partial charge < -0.3 is 4.90 Å². The van der Waals surface area contributed by atoms with Crippen molar-refractivity contribution in [2.24, 2.45) is 5.92 Å². The van der Waals surface area contributed by atoms with Crippen LogP contribution in [0.25, 0.3) is 0 Å². The molecule has 0 aliphatic heterocycles. The van der Waals surface area contributed by atoms with Crippen molar-refractivity contribution in [2.45, 2.75) is 31.1 Å². The van der Waals surface area contributed by atoms with Crippen LogP contribution in [0.1, 0.15) is 31.2 Å². The summed E-state index contributed by atoms with van der Waals surface area (Å²) in [5, 5.41) is 0.129. The van der Waals surface area contributed by atoms with Gasteiger partial charge in [-0.25, -0.2) is 0 Å². The second-order valence-corrected chi connectivity index (χ2v) is 5.93. The number of hydrogen-bond donors (Lipinski definition) is 0. The number of nitrogens with zero attached hydrogens (tertiary/aromatic N) is 1. The topological polar surface area (TPSA) is 20.3 Å². The summed E-state index contributed by atoms with van der Waals surface area (Å²) in [6.07, 6.45) is 1.84.